The number of nitrogens with zero attached hydrogens (tertiary/aromatic N) is 2. The topological polar surface area (TPSA) is 97.8 Å². The zero-order chi connectivity index (χ0) is 20.2. The predicted molar refractivity (Wildman–Crippen MR) is 94.8 cm³/mol. The van der Waals surface area contributed by atoms with Crippen molar-refractivity contribution in [3.8, 4) is 5.75 Å². The molecule has 1 atom stereocenters. The largest absolute Gasteiger partial charge is 0.477 e. The molecule has 10 heteroatoms. The highest BCUT2D eigenvalue weighted by Gasteiger charge is 2.33. The number of alkyl halides is 2. The molecular formula is C18H18F3N3O4. The van der Waals surface area contributed by atoms with Crippen LogP contribution in [0, 0.1) is 5.82 Å². The minimum atomic E-state index is -3.25. The van der Waals surface area contributed by atoms with Crippen molar-refractivity contribution in [2.24, 2.45) is 5.73 Å². The van der Waals surface area contributed by atoms with Crippen LogP contribution in [0.1, 0.15) is 35.7 Å². The van der Waals surface area contributed by atoms with Crippen LogP contribution in [0.2, 0.25) is 0 Å². The van der Waals surface area contributed by atoms with Gasteiger partial charge >= 0.3 is 12.6 Å². The molecule has 150 valence electrons. The number of pyridine rings is 1. The molecule has 4 rings (SSSR count). The van der Waals surface area contributed by atoms with Crippen LogP contribution in [-0.2, 0) is 0 Å². The lowest BCUT2D eigenvalue weighted by atomic mass is 10.1. The second-order valence-corrected chi connectivity index (χ2v) is 7.12. The number of hydrogen-bond donors (Lipinski definition) is 2. The van der Waals surface area contributed by atoms with Crippen molar-refractivity contribution in [2.75, 3.05) is 18.0 Å². The fourth-order valence-corrected chi connectivity index (χ4v) is 3.72. The third-order valence-electron chi connectivity index (χ3n) is 5.12. The number of ether oxygens (including phenoxy) is 1. The molecule has 1 aliphatic heterocycles. The molecule has 0 spiro atoms. The molecule has 3 N–H and O–H groups in total. The fraction of sp³-hybridized carbons (Fsp3) is 0.444. The van der Waals surface area contributed by atoms with Crippen molar-refractivity contribution in [3.63, 3.8) is 0 Å². The Labute approximate surface area is 157 Å². The molecule has 2 aromatic rings. The van der Waals surface area contributed by atoms with E-state index < -0.39 is 35.1 Å². The van der Waals surface area contributed by atoms with Crippen LogP contribution in [0.5, 0.6) is 5.75 Å². The summed E-state index contributed by atoms with van der Waals surface area (Å²) in [5.74, 6) is -2.85. The average Bonchev–Trinajstić information content (AvgIpc) is 3.36. The number of aromatic nitrogens is 1. The van der Waals surface area contributed by atoms with Gasteiger partial charge in [-0.15, -0.1) is 0 Å². The van der Waals surface area contributed by atoms with E-state index in [0.29, 0.717) is 25.8 Å². The zero-order valence-electron chi connectivity index (χ0n) is 14.7. The van der Waals surface area contributed by atoms with Gasteiger partial charge in [0.1, 0.15) is 11.3 Å². The first-order chi connectivity index (χ1) is 13.3. The summed E-state index contributed by atoms with van der Waals surface area (Å²) in [6.45, 7) is -2.64. The Bertz CT molecular complexity index is 1020. The summed E-state index contributed by atoms with van der Waals surface area (Å²) < 4.78 is 47.5. The SMILES string of the molecule is N[C@H]1CCN(c2c(F)cc3c(=O)c(C(=O)O)cn(C4CC4)c3c2OC(F)F)C1. The Kier molecular flexibility index (Phi) is 4.45. The number of benzene rings is 1. The number of halogens is 3. The molecular weight excluding hydrogens is 379 g/mol. The number of aromatic carboxylic acids is 1. The molecule has 1 saturated carbocycles. The van der Waals surface area contributed by atoms with E-state index in [-0.39, 0.29) is 35.2 Å². The number of rotatable bonds is 5. The smallest absolute Gasteiger partial charge is 0.387 e. The van der Waals surface area contributed by atoms with Crippen LogP contribution < -0.4 is 20.8 Å². The molecule has 0 radical (unpaired) electrons. The third kappa shape index (κ3) is 3.07. The average molecular weight is 397 g/mol. The van der Waals surface area contributed by atoms with E-state index in [1.165, 1.54) is 9.47 Å². The van der Waals surface area contributed by atoms with E-state index in [9.17, 15) is 27.9 Å². The molecule has 1 aliphatic carbocycles. The summed E-state index contributed by atoms with van der Waals surface area (Å²) in [6, 6.07) is 0.496. The second kappa shape index (κ2) is 6.69. The van der Waals surface area contributed by atoms with E-state index >= 15 is 0 Å². The summed E-state index contributed by atoms with van der Waals surface area (Å²) >= 11 is 0. The summed E-state index contributed by atoms with van der Waals surface area (Å²) in [4.78, 5) is 25.6. The number of nitrogens with two attached hydrogens (primary N) is 1. The van der Waals surface area contributed by atoms with Crippen LogP contribution in [0.4, 0.5) is 18.9 Å². The molecule has 1 aromatic heterocycles. The van der Waals surface area contributed by atoms with Crippen molar-refractivity contribution < 1.29 is 27.8 Å². The fourth-order valence-electron chi connectivity index (χ4n) is 3.72. The van der Waals surface area contributed by atoms with Gasteiger partial charge in [-0.25, -0.2) is 9.18 Å². The van der Waals surface area contributed by atoms with Gasteiger partial charge in [-0.1, -0.05) is 0 Å². The first kappa shape index (κ1) is 18.6. The highest BCUT2D eigenvalue weighted by atomic mass is 19.3. The monoisotopic (exact) mass is 397 g/mol. The summed E-state index contributed by atoms with van der Waals surface area (Å²) in [7, 11) is 0. The van der Waals surface area contributed by atoms with E-state index in [1.54, 1.807) is 0 Å². The Morgan fingerprint density at radius 2 is 2.04 bits per heavy atom. The summed E-state index contributed by atoms with van der Waals surface area (Å²) in [6.07, 6.45) is 3.05. The van der Waals surface area contributed by atoms with E-state index in [2.05, 4.69) is 0 Å². The lowest BCUT2D eigenvalue weighted by molar-refractivity contribution is -0.0488. The highest BCUT2D eigenvalue weighted by molar-refractivity contribution is 5.97. The Morgan fingerprint density at radius 3 is 2.57 bits per heavy atom. The van der Waals surface area contributed by atoms with Crippen LogP contribution in [0.15, 0.2) is 17.1 Å². The molecule has 0 unspecified atom stereocenters. The molecule has 1 saturated heterocycles. The number of hydrogen-bond acceptors (Lipinski definition) is 5. The molecule has 2 aliphatic rings. The van der Waals surface area contributed by atoms with Crippen LogP contribution in [-0.4, -0.2) is 41.4 Å². The third-order valence-corrected chi connectivity index (χ3v) is 5.12. The second-order valence-electron chi connectivity index (χ2n) is 7.12. The quantitative estimate of drug-likeness (QED) is 0.804. The minimum absolute atomic E-state index is 0.0188. The Morgan fingerprint density at radius 1 is 1.32 bits per heavy atom. The summed E-state index contributed by atoms with van der Waals surface area (Å²) in [5.41, 5.74) is 4.18. The van der Waals surface area contributed by atoms with Gasteiger partial charge in [-0.05, 0) is 25.3 Å². The molecule has 2 heterocycles. The zero-order valence-corrected chi connectivity index (χ0v) is 14.7. The van der Waals surface area contributed by atoms with Crippen molar-refractivity contribution in [1.29, 1.82) is 0 Å². The van der Waals surface area contributed by atoms with E-state index in [4.69, 9.17) is 10.5 Å². The molecule has 0 bridgehead atoms. The van der Waals surface area contributed by atoms with Gasteiger partial charge < -0.3 is 25.0 Å². The lowest BCUT2D eigenvalue weighted by Gasteiger charge is -2.25. The van der Waals surface area contributed by atoms with E-state index in [1.807, 2.05) is 0 Å². The normalized spacial score (nSPS) is 19.6. The first-order valence-corrected chi connectivity index (χ1v) is 8.88. The number of carboxylic acids is 1. The maximum Gasteiger partial charge on any atom is 0.387 e. The van der Waals surface area contributed by atoms with Gasteiger partial charge in [0, 0.05) is 31.4 Å². The highest BCUT2D eigenvalue weighted by Crippen LogP contribution is 2.44. The van der Waals surface area contributed by atoms with Crippen LogP contribution >= 0.6 is 0 Å². The minimum Gasteiger partial charge on any atom is -0.477 e. The number of carbonyl (C=O) groups is 1. The molecule has 7 nitrogen and oxygen atoms in total. The molecule has 28 heavy (non-hydrogen) atoms. The standard InChI is InChI=1S/C18H18F3N3O4/c19-12-5-10-13(24(9-1-2-9)7-11(15(10)25)17(26)27)16(28-18(20)21)14(12)23-4-3-8(22)6-23/h5,7-9,18H,1-4,6,22H2,(H,26,27)/t8-/m0/s1. The Balaban J connectivity index is 2.07. The summed E-state index contributed by atoms with van der Waals surface area (Å²) in [5, 5.41) is 9.01. The predicted octanol–water partition coefficient (Wildman–Crippen LogP) is 2.31. The Hall–Kier alpha value is -2.75. The maximum absolute atomic E-state index is 15.0. The number of carboxylic acid groups (broad SMARTS) is 1. The molecule has 1 aromatic carbocycles. The van der Waals surface area contributed by atoms with Gasteiger partial charge in [0.25, 0.3) is 0 Å². The lowest BCUT2D eigenvalue weighted by Crippen LogP contribution is -2.28. The van der Waals surface area contributed by atoms with Crippen molar-refractivity contribution >= 4 is 22.6 Å². The van der Waals surface area contributed by atoms with Crippen LogP contribution in [0.3, 0.4) is 0 Å². The van der Waals surface area contributed by atoms with Crippen molar-refractivity contribution in [3.05, 3.63) is 33.9 Å². The van der Waals surface area contributed by atoms with Gasteiger partial charge in [0.05, 0.1) is 10.9 Å². The first-order valence-electron chi connectivity index (χ1n) is 8.88. The maximum atomic E-state index is 15.0. The van der Waals surface area contributed by atoms with Crippen molar-refractivity contribution in [1.82, 2.24) is 4.57 Å². The van der Waals surface area contributed by atoms with Crippen molar-refractivity contribution in [2.45, 2.75) is 38.0 Å². The van der Waals surface area contributed by atoms with E-state index in [0.717, 1.165) is 12.3 Å². The van der Waals surface area contributed by atoms with Gasteiger partial charge in [-0.3, -0.25) is 4.79 Å². The van der Waals surface area contributed by atoms with Gasteiger partial charge in [-0.2, -0.15) is 8.78 Å². The molecule has 0 amide bonds. The number of anilines is 1. The number of fused-ring (bicyclic) bond motifs is 1. The van der Waals surface area contributed by atoms with Crippen LogP contribution in [0.25, 0.3) is 10.9 Å². The van der Waals surface area contributed by atoms with Gasteiger partial charge in [0.15, 0.2) is 11.6 Å². The van der Waals surface area contributed by atoms with Gasteiger partial charge in [0.2, 0.25) is 5.43 Å². The molecule has 2 fully saturated rings.